The van der Waals surface area contributed by atoms with Crippen LogP contribution in [0, 0.1) is 6.92 Å². The lowest BCUT2D eigenvalue weighted by molar-refractivity contribution is -0.114. The third-order valence-electron chi connectivity index (χ3n) is 4.96. The largest absolute Gasteiger partial charge is 0.326 e. The summed E-state index contributed by atoms with van der Waals surface area (Å²) in [7, 11) is 0. The number of hydrogen-bond donors (Lipinski definition) is 2. The average Bonchev–Trinajstić information content (AvgIpc) is 3.18. The Morgan fingerprint density at radius 2 is 1.56 bits per heavy atom. The van der Waals surface area contributed by atoms with Gasteiger partial charge in [0.15, 0.2) is 0 Å². The molecule has 160 valence electrons. The number of aryl methyl sites for hydroxylation is 1. The summed E-state index contributed by atoms with van der Waals surface area (Å²) in [6, 6.07) is 25.0. The van der Waals surface area contributed by atoms with Gasteiger partial charge in [0.2, 0.25) is 5.91 Å². The number of aromatic nitrogens is 2. The van der Waals surface area contributed by atoms with E-state index in [1.807, 2.05) is 61.5 Å². The predicted molar refractivity (Wildman–Crippen MR) is 127 cm³/mol. The van der Waals surface area contributed by atoms with Crippen molar-refractivity contribution in [3.05, 3.63) is 102 Å². The summed E-state index contributed by atoms with van der Waals surface area (Å²) in [4.78, 5) is 24.6. The highest BCUT2D eigenvalue weighted by atomic mass is 16.2. The van der Waals surface area contributed by atoms with E-state index in [2.05, 4.69) is 10.6 Å². The molecule has 0 aliphatic carbocycles. The second kappa shape index (κ2) is 9.31. The van der Waals surface area contributed by atoms with Crippen molar-refractivity contribution in [3.8, 4) is 11.3 Å². The van der Waals surface area contributed by atoms with Crippen LogP contribution in [0.2, 0.25) is 0 Å². The number of carbonyl (C=O) groups is 2. The first-order chi connectivity index (χ1) is 15.5. The molecule has 2 amide bonds. The summed E-state index contributed by atoms with van der Waals surface area (Å²) in [5, 5.41) is 10.4. The second-order valence-electron chi connectivity index (χ2n) is 7.66. The molecule has 4 aromatic rings. The number of rotatable bonds is 6. The Bertz CT molecular complexity index is 1240. The summed E-state index contributed by atoms with van der Waals surface area (Å²) in [5.41, 5.74) is 5.42. The zero-order chi connectivity index (χ0) is 22.5. The van der Waals surface area contributed by atoms with Gasteiger partial charge in [0, 0.05) is 30.1 Å². The molecule has 3 aromatic carbocycles. The fourth-order valence-electron chi connectivity index (χ4n) is 3.44. The van der Waals surface area contributed by atoms with E-state index >= 15 is 0 Å². The van der Waals surface area contributed by atoms with Gasteiger partial charge in [0.05, 0.1) is 12.1 Å². The van der Waals surface area contributed by atoms with Crippen LogP contribution in [0.15, 0.2) is 85.1 Å². The molecule has 0 unspecified atom stereocenters. The highest BCUT2D eigenvalue weighted by Crippen LogP contribution is 2.25. The van der Waals surface area contributed by atoms with E-state index in [0.717, 1.165) is 16.7 Å². The number of amides is 2. The lowest BCUT2D eigenvalue weighted by Gasteiger charge is -2.08. The maximum atomic E-state index is 13.2. The van der Waals surface area contributed by atoms with Crippen molar-refractivity contribution in [2.45, 2.75) is 20.4 Å². The molecule has 1 heterocycles. The van der Waals surface area contributed by atoms with Gasteiger partial charge >= 0.3 is 0 Å². The van der Waals surface area contributed by atoms with E-state index in [1.165, 1.54) is 6.92 Å². The van der Waals surface area contributed by atoms with Crippen molar-refractivity contribution in [2.24, 2.45) is 0 Å². The number of carbonyl (C=O) groups excluding carboxylic acids is 2. The van der Waals surface area contributed by atoms with Crippen LogP contribution in [0.4, 0.5) is 11.4 Å². The van der Waals surface area contributed by atoms with Gasteiger partial charge in [-0.05, 0) is 30.7 Å². The summed E-state index contributed by atoms with van der Waals surface area (Å²) in [6.07, 6.45) is 1.77. The maximum Gasteiger partial charge on any atom is 0.259 e. The van der Waals surface area contributed by atoms with Gasteiger partial charge < -0.3 is 10.6 Å². The molecular formula is C26H24N4O2. The minimum atomic E-state index is -0.264. The number of hydrogen-bond acceptors (Lipinski definition) is 3. The topological polar surface area (TPSA) is 76.0 Å². The van der Waals surface area contributed by atoms with E-state index in [0.29, 0.717) is 29.2 Å². The summed E-state index contributed by atoms with van der Waals surface area (Å²) >= 11 is 0. The standard InChI is InChI=1S/C26H24N4O2/c1-18-11-13-21(14-12-18)25-24(17-30(29-25)16-20-7-4-3-5-8-20)26(32)28-23-10-6-9-22(15-23)27-19(2)31/h3-15,17H,16H2,1-2H3,(H,27,31)(H,28,32). The smallest absolute Gasteiger partial charge is 0.259 e. The summed E-state index contributed by atoms with van der Waals surface area (Å²) < 4.78 is 1.78. The molecule has 0 aliphatic heterocycles. The molecule has 0 aliphatic rings. The quantitative estimate of drug-likeness (QED) is 0.451. The minimum absolute atomic E-state index is 0.169. The molecule has 0 fully saturated rings. The summed E-state index contributed by atoms with van der Waals surface area (Å²) in [5.74, 6) is -0.433. The van der Waals surface area contributed by atoms with Gasteiger partial charge in [-0.3, -0.25) is 14.3 Å². The van der Waals surface area contributed by atoms with Crippen LogP contribution in [0.3, 0.4) is 0 Å². The molecule has 2 N–H and O–H groups in total. The molecule has 0 atom stereocenters. The minimum Gasteiger partial charge on any atom is -0.326 e. The van der Waals surface area contributed by atoms with Crippen LogP contribution in [-0.2, 0) is 11.3 Å². The molecule has 0 bridgehead atoms. The first-order valence-corrected chi connectivity index (χ1v) is 10.4. The molecule has 32 heavy (non-hydrogen) atoms. The molecule has 0 spiro atoms. The normalized spacial score (nSPS) is 10.6. The van der Waals surface area contributed by atoms with Gasteiger partial charge in [-0.2, -0.15) is 5.10 Å². The Labute approximate surface area is 186 Å². The Kier molecular flexibility index (Phi) is 6.12. The van der Waals surface area contributed by atoms with Crippen molar-refractivity contribution in [1.82, 2.24) is 9.78 Å². The van der Waals surface area contributed by atoms with Crippen LogP contribution in [-0.4, -0.2) is 21.6 Å². The molecule has 6 heteroatoms. The maximum absolute atomic E-state index is 13.2. The first-order valence-electron chi connectivity index (χ1n) is 10.4. The van der Waals surface area contributed by atoms with Crippen LogP contribution in [0.1, 0.15) is 28.4 Å². The second-order valence-corrected chi connectivity index (χ2v) is 7.66. The van der Waals surface area contributed by atoms with Gasteiger partial charge in [-0.25, -0.2) is 0 Å². The van der Waals surface area contributed by atoms with E-state index in [4.69, 9.17) is 5.10 Å². The third kappa shape index (κ3) is 5.10. The average molecular weight is 425 g/mol. The lowest BCUT2D eigenvalue weighted by Crippen LogP contribution is -2.13. The third-order valence-corrected chi connectivity index (χ3v) is 4.96. The van der Waals surface area contributed by atoms with Gasteiger partial charge in [-0.1, -0.05) is 66.2 Å². The van der Waals surface area contributed by atoms with E-state index in [9.17, 15) is 9.59 Å². The van der Waals surface area contributed by atoms with Crippen LogP contribution in [0.5, 0.6) is 0 Å². The highest BCUT2D eigenvalue weighted by Gasteiger charge is 2.18. The van der Waals surface area contributed by atoms with E-state index in [-0.39, 0.29) is 11.8 Å². The molecule has 1 aromatic heterocycles. The Morgan fingerprint density at radius 1 is 0.875 bits per heavy atom. The van der Waals surface area contributed by atoms with Crippen molar-refractivity contribution in [2.75, 3.05) is 10.6 Å². The van der Waals surface area contributed by atoms with E-state index < -0.39 is 0 Å². The molecule has 6 nitrogen and oxygen atoms in total. The zero-order valence-corrected chi connectivity index (χ0v) is 18.0. The molecule has 0 radical (unpaired) electrons. The van der Waals surface area contributed by atoms with Crippen molar-refractivity contribution < 1.29 is 9.59 Å². The monoisotopic (exact) mass is 424 g/mol. The fraction of sp³-hybridized carbons (Fsp3) is 0.115. The fourth-order valence-corrected chi connectivity index (χ4v) is 3.44. The van der Waals surface area contributed by atoms with Crippen LogP contribution < -0.4 is 10.6 Å². The Morgan fingerprint density at radius 3 is 2.25 bits per heavy atom. The Hall–Kier alpha value is -4.19. The first kappa shape index (κ1) is 21.1. The molecular weight excluding hydrogens is 400 g/mol. The molecule has 0 saturated heterocycles. The summed E-state index contributed by atoms with van der Waals surface area (Å²) in [6.45, 7) is 4.03. The van der Waals surface area contributed by atoms with E-state index in [1.54, 1.807) is 35.1 Å². The number of nitrogens with one attached hydrogen (secondary N) is 2. The zero-order valence-electron chi connectivity index (χ0n) is 18.0. The predicted octanol–water partition coefficient (Wildman–Crippen LogP) is 5.12. The van der Waals surface area contributed by atoms with Gasteiger partial charge in [0.25, 0.3) is 5.91 Å². The van der Waals surface area contributed by atoms with Crippen molar-refractivity contribution >= 4 is 23.2 Å². The van der Waals surface area contributed by atoms with Gasteiger partial charge in [-0.15, -0.1) is 0 Å². The Balaban J connectivity index is 1.65. The van der Waals surface area contributed by atoms with Crippen molar-refractivity contribution in [3.63, 3.8) is 0 Å². The molecule has 4 rings (SSSR count). The molecule has 0 saturated carbocycles. The number of benzene rings is 3. The van der Waals surface area contributed by atoms with Crippen molar-refractivity contribution in [1.29, 1.82) is 0 Å². The van der Waals surface area contributed by atoms with Gasteiger partial charge in [0.1, 0.15) is 5.69 Å². The SMILES string of the molecule is CC(=O)Nc1cccc(NC(=O)c2cn(Cc3ccccc3)nc2-c2ccc(C)cc2)c1. The lowest BCUT2D eigenvalue weighted by atomic mass is 10.1. The van der Waals surface area contributed by atoms with Crippen LogP contribution >= 0.6 is 0 Å². The highest BCUT2D eigenvalue weighted by molar-refractivity contribution is 6.08. The van der Waals surface area contributed by atoms with Crippen LogP contribution in [0.25, 0.3) is 11.3 Å². The number of nitrogens with zero attached hydrogens (tertiary/aromatic N) is 2. The number of anilines is 2.